The molecular formula is C17H27N3O2. The van der Waals surface area contributed by atoms with Gasteiger partial charge in [0.15, 0.2) is 0 Å². The predicted octanol–water partition coefficient (Wildman–Crippen LogP) is 1.36. The summed E-state index contributed by atoms with van der Waals surface area (Å²) in [6.07, 6.45) is 2.24. The summed E-state index contributed by atoms with van der Waals surface area (Å²) in [7, 11) is 1.74. The van der Waals surface area contributed by atoms with Gasteiger partial charge in [-0.3, -0.25) is 9.80 Å². The number of ether oxygens (including phenoxy) is 2. The summed E-state index contributed by atoms with van der Waals surface area (Å²) >= 11 is 0. The maximum Gasteiger partial charge on any atom is 0.122 e. The molecule has 0 aromatic heterocycles. The summed E-state index contributed by atoms with van der Waals surface area (Å²) in [4.78, 5) is 5.01. The fourth-order valence-electron chi connectivity index (χ4n) is 3.45. The lowest BCUT2D eigenvalue weighted by Gasteiger charge is -2.32. The SMILES string of the molecule is COc1ccc(N)c2c1CCN(CCCN1CCOCC1)C2. The maximum absolute atomic E-state index is 6.17. The second kappa shape index (κ2) is 7.31. The van der Waals surface area contributed by atoms with E-state index in [0.717, 1.165) is 63.8 Å². The Balaban J connectivity index is 1.53. The molecule has 0 spiro atoms. The van der Waals surface area contributed by atoms with Gasteiger partial charge in [-0.15, -0.1) is 0 Å². The van der Waals surface area contributed by atoms with Crippen molar-refractivity contribution >= 4 is 5.69 Å². The van der Waals surface area contributed by atoms with Gasteiger partial charge in [-0.25, -0.2) is 0 Å². The third kappa shape index (κ3) is 3.54. The van der Waals surface area contributed by atoms with Gasteiger partial charge >= 0.3 is 0 Å². The zero-order valence-electron chi connectivity index (χ0n) is 13.5. The molecule has 0 saturated carbocycles. The third-order valence-corrected chi connectivity index (χ3v) is 4.76. The Kier molecular flexibility index (Phi) is 5.18. The van der Waals surface area contributed by atoms with Crippen molar-refractivity contribution in [2.75, 3.05) is 58.8 Å². The van der Waals surface area contributed by atoms with E-state index in [0.29, 0.717) is 0 Å². The first kappa shape index (κ1) is 15.6. The van der Waals surface area contributed by atoms with E-state index in [2.05, 4.69) is 9.80 Å². The number of hydrogen-bond donors (Lipinski definition) is 1. The first-order valence-corrected chi connectivity index (χ1v) is 8.24. The van der Waals surface area contributed by atoms with Gasteiger partial charge in [0.1, 0.15) is 5.75 Å². The monoisotopic (exact) mass is 305 g/mol. The van der Waals surface area contributed by atoms with E-state index in [1.165, 1.54) is 24.1 Å². The van der Waals surface area contributed by atoms with Crippen molar-refractivity contribution in [3.63, 3.8) is 0 Å². The predicted molar refractivity (Wildman–Crippen MR) is 88.3 cm³/mol. The van der Waals surface area contributed by atoms with Crippen molar-refractivity contribution in [3.8, 4) is 5.75 Å². The molecule has 22 heavy (non-hydrogen) atoms. The molecule has 2 heterocycles. The van der Waals surface area contributed by atoms with Gasteiger partial charge < -0.3 is 15.2 Å². The van der Waals surface area contributed by atoms with Gasteiger partial charge in [0, 0.05) is 37.4 Å². The zero-order valence-corrected chi connectivity index (χ0v) is 13.5. The molecule has 0 aliphatic carbocycles. The highest BCUT2D eigenvalue weighted by atomic mass is 16.5. The number of nitrogen functional groups attached to an aromatic ring is 1. The minimum absolute atomic E-state index is 0.882. The molecule has 5 nitrogen and oxygen atoms in total. The van der Waals surface area contributed by atoms with E-state index in [9.17, 15) is 0 Å². The molecule has 2 aliphatic rings. The number of nitrogens with two attached hydrogens (primary N) is 1. The van der Waals surface area contributed by atoms with E-state index in [1.807, 2.05) is 12.1 Å². The summed E-state index contributed by atoms with van der Waals surface area (Å²) < 4.78 is 10.9. The molecule has 3 rings (SSSR count). The Morgan fingerprint density at radius 3 is 2.64 bits per heavy atom. The Morgan fingerprint density at radius 2 is 1.86 bits per heavy atom. The normalized spacial score (nSPS) is 19.9. The van der Waals surface area contributed by atoms with Crippen LogP contribution in [0.15, 0.2) is 12.1 Å². The first-order valence-electron chi connectivity index (χ1n) is 8.24. The van der Waals surface area contributed by atoms with Gasteiger partial charge in [0.2, 0.25) is 0 Å². The highest BCUT2D eigenvalue weighted by molar-refractivity contribution is 5.57. The van der Waals surface area contributed by atoms with E-state index in [4.69, 9.17) is 15.2 Å². The lowest BCUT2D eigenvalue weighted by molar-refractivity contribution is 0.0359. The van der Waals surface area contributed by atoms with Crippen LogP contribution in [0.25, 0.3) is 0 Å². The summed E-state index contributed by atoms with van der Waals surface area (Å²) in [5, 5.41) is 0. The summed E-state index contributed by atoms with van der Waals surface area (Å²) in [5.41, 5.74) is 9.62. The number of hydrogen-bond acceptors (Lipinski definition) is 5. The van der Waals surface area contributed by atoms with E-state index in [1.54, 1.807) is 7.11 Å². The lowest BCUT2D eigenvalue weighted by atomic mass is 9.97. The zero-order chi connectivity index (χ0) is 15.4. The number of benzene rings is 1. The quantitative estimate of drug-likeness (QED) is 0.833. The van der Waals surface area contributed by atoms with Crippen molar-refractivity contribution in [1.29, 1.82) is 0 Å². The number of rotatable bonds is 5. The van der Waals surface area contributed by atoms with Crippen LogP contribution in [0.3, 0.4) is 0 Å². The molecule has 2 aliphatic heterocycles. The highest BCUT2D eigenvalue weighted by Crippen LogP contribution is 2.31. The Morgan fingerprint density at radius 1 is 1.09 bits per heavy atom. The molecule has 0 unspecified atom stereocenters. The molecule has 1 aromatic rings. The molecule has 0 bridgehead atoms. The first-order chi connectivity index (χ1) is 10.8. The van der Waals surface area contributed by atoms with Crippen LogP contribution in [-0.2, 0) is 17.7 Å². The van der Waals surface area contributed by atoms with E-state index in [-0.39, 0.29) is 0 Å². The van der Waals surface area contributed by atoms with Crippen LogP contribution < -0.4 is 10.5 Å². The van der Waals surface area contributed by atoms with Crippen LogP contribution in [0, 0.1) is 0 Å². The van der Waals surface area contributed by atoms with E-state index < -0.39 is 0 Å². The molecular weight excluding hydrogens is 278 g/mol. The number of methoxy groups -OCH3 is 1. The molecule has 5 heteroatoms. The van der Waals surface area contributed by atoms with Gasteiger partial charge in [-0.1, -0.05) is 0 Å². The Bertz CT molecular complexity index is 501. The standard InChI is InChI=1S/C17H27N3O2/c1-21-17-4-3-16(18)15-13-20(8-5-14(15)17)7-2-6-19-9-11-22-12-10-19/h3-4H,2,5-13,18H2,1H3. The van der Waals surface area contributed by atoms with Crippen LogP contribution in [0.4, 0.5) is 5.69 Å². The summed E-state index contributed by atoms with van der Waals surface area (Å²) in [6.45, 7) is 8.26. The van der Waals surface area contributed by atoms with Crippen LogP contribution in [-0.4, -0.2) is 62.8 Å². The minimum Gasteiger partial charge on any atom is -0.496 e. The largest absolute Gasteiger partial charge is 0.496 e. The number of morpholine rings is 1. The summed E-state index contributed by atoms with van der Waals surface area (Å²) in [5.74, 6) is 0.983. The van der Waals surface area contributed by atoms with Crippen LogP contribution in [0.2, 0.25) is 0 Å². The van der Waals surface area contributed by atoms with Crippen molar-refractivity contribution < 1.29 is 9.47 Å². The fourth-order valence-corrected chi connectivity index (χ4v) is 3.45. The summed E-state index contributed by atoms with van der Waals surface area (Å²) in [6, 6.07) is 3.96. The van der Waals surface area contributed by atoms with Crippen LogP contribution >= 0.6 is 0 Å². The molecule has 0 atom stereocenters. The second-order valence-corrected chi connectivity index (χ2v) is 6.15. The van der Waals surface area contributed by atoms with Gasteiger partial charge in [0.05, 0.1) is 20.3 Å². The van der Waals surface area contributed by atoms with Gasteiger partial charge in [0.25, 0.3) is 0 Å². The molecule has 2 N–H and O–H groups in total. The topological polar surface area (TPSA) is 51.0 Å². The maximum atomic E-state index is 6.17. The van der Waals surface area contributed by atoms with Crippen molar-refractivity contribution in [2.45, 2.75) is 19.4 Å². The van der Waals surface area contributed by atoms with E-state index >= 15 is 0 Å². The Hall–Kier alpha value is -1.30. The molecule has 1 saturated heterocycles. The number of anilines is 1. The van der Waals surface area contributed by atoms with Crippen molar-refractivity contribution in [2.24, 2.45) is 0 Å². The van der Waals surface area contributed by atoms with Gasteiger partial charge in [-0.05, 0) is 43.6 Å². The molecule has 0 radical (unpaired) electrons. The van der Waals surface area contributed by atoms with Crippen LogP contribution in [0.1, 0.15) is 17.5 Å². The van der Waals surface area contributed by atoms with Gasteiger partial charge in [-0.2, -0.15) is 0 Å². The number of fused-ring (bicyclic) bond motifs is 1. The average molecular weight is 305 g/mol. The van der Waals surface area contributed by atoms with Crippen LogP contribution in [0.5, 0.6) is 5.75 Å². The third-order valence-electron chi connectivity index (χ3n) is 4.76. The molecule has 0 amide bonds. The average Bonchev–Trinajstić information content (AvgIpc) is 2.57. The molecule has 122 valence electrons. The minimum atomic E-state index is 0.882. The lowest BCUT2D eigenvalue weighted by Crippen LogP contribution is -2.39. The number of nitrogens with zero attached hydrogens (tertiary/aromatic N) is 2. The fraction of sp³-hybridized carbons (Fsp3) is 0.647. The molecule has 1 aromatic carbocycles. The van der Waals surface area contributed by atoms with Crippen molar-refractivity contribution in [3.05, 3.63) is 23.3 Å². The van der Waals surface area contributed by atoms with Crippen molar-refractivity contribution in [1.82, 2.24) is 9.80 Å². The Labute approximate surface area is 133 Å². The second-order valence-electron chi connectivity index (χ2n) is 6.15. The molecule has 1 fully saturated rings. The smallest absolute Gasteiger partial charge is 0.122 e. The highest BCUT2D eigenvalue weighted by Gasteiger charge is 2.21.